The van der Waals surface area contributed by atoms with Crippen LogP contribution in [-0.2, 0) is 20.7 Å². The number of nitrogens with two attached hydrogens (primary N) is 1. The van der Waals surface area contributed by atoms with Gasteiger partial charge in [0.15, 0.2) is 0 Å². The van der Waals surface area contributed by atoms with Crippen LogP contribution in [0.3, 0.4) is 0 Å². The van der Waals surface area contributed by atoms with Gasteiger partial charge in [-0.15, -0.1) is 0 Å². The Kier molecular flexibility index (Phi) is 11.7. The van der Waals surface area contributed by atoms with E-state index in [0.717, 1.165) is 6.92 Å². The maximum Gasteiger partial charge on any atom is 0.300 e. The summed E-state index contributed by atoms with van der Waals surface area (Å²) in [5, 5.41) is 10.1. The van der Waals surface area contributed by atoms with Crippen molar-refractivity contribution in [3.63, 3.8) is 0 Å². The molecule has 196 valence electrons. The molecule has 4 N–H and O–H groups in total. The topological polar surface area (TPSA) is 153 Å². The van der Waals surface area contributed by atoms with Crippen molar-refractivity contribution >= 4 is 34.6 Å². The van der Waals surface area contributed by atoms with Crippen LogP contribution in [0.5, 0.6) is 0 Å². The van der Waals surface area contributed by atoms with Crippen LogP contribution < -0.4 is 11.1 Å². The molecule has 2 amide bonds. The lowest BCUT2D eigenvalue weighted by molar-refractivity contribution is -0.134. The third-order valence-electron chi connectivity index (χ3n) is 4.22. The first-order chi connectivity index (χ1) is 16.2. The van der Waals surface area contributed by atoms with Gasteiger partial charge >= 0.3 is 0 Å². The number of hydrogen-bond donors (Lipinski definition) is 3. The molecule has 1 fully saturated rings. The van der Waals surface area contributed by atoms with Gasteiger partial charge in [0.1, 0.15) is 11.9 Å². The van der Waals surface area contributed by atoms with E-state index in [9.17, 15) is 22.7 Å². The molecule has 3 rings (SSSR count). The second kappa shape index (κ2) is 13.7. The predicted octanol–water partition coefficient (Wildman–Crippen LogP) is 3.63. The number of aliphatic carboxylic acids is 1. The lowest BCUT2D eigenvalue weighted by Gasteiger charge is -2.24. The molecule has 1 saturated heterocycles. The Bertz CT molecular complexity index is 1020. The van der Waals surface area contributed by atoms with Crippen LogP contribution >= 0.6 is 0 Å². The minimum Gasteiger partial charge on any atom is -0.768 e. The van der Waals surface area contributed by atoms with E-state index < -0.39 is 28.9 Å². The molecule has 0 bridgehead atoms. The highest BCUT2D eigenvalue weighted by Crippen LogP contribution is 2.22. The van der Waals surface area contributed by atoms with Crippen molar-refractivity contribution in [2.24, 2.45) is 5.73 Å². The number of carbonyl (C=O) groups is 3. The van der Waals surface area contributed by atoms with Gasteiger partial charge in [-0.05, 0) is 93.2 Å². The minimum atomic E-state index is -2.33. The number of nitrogens with one attached hydrogen (secondary N) is 1. The number of amides is 2. The van der Waals surface area contributed by atoms with E-state index in [4.69, 9.17) is 15.6 Å². The zero-order valence-corrected chi connectivity index (χ0v) is 20.9. The van der Waals surface area contributed by atoms with Crippen molar-refractivity contribution in [2.45, 2.75) is 57.0 Å². The number of benzene rings is 2. The average Bonchev–Trinajstić information content (AvgIpc) is 3.23. The minimum absolute atomic E-state index is 0. The monoisotopic (exact) mass is 512 g/mol. The van der Waals surface area contributed by atoms with Crippen LogP contribution in [0.4, 0.5) is 10.1 Å². The van der Waals surface area contributed by atoms with Gasteiger partial charge in [-0.2, -0.15) is 0 Å². The molecule has 0 aliphatic carbocycles. The summed E-state index contributed by atoms with van der Waals surface area (Å²) in [5.41, 5.74) is 6.13. The number of carboxylic acid groups (broad SMARTS) is 1. The van der Waals surface area contributed by atoms with Gasteiger partial charge < -0.3 is 25.6 Å². The molecule has 0 spiro atoms. The average molecular weight is 513 g/mol. The normalized spacial score (nSPS) is 15.6. The molecule has 2 atom stereocenters. The van der Waals surface area contributed by atoms with E-state index in [-0.39, 0.29) is 25.1 Å². The summed E-state index contributed by atoms with van der Waals surface area (Å²) in [4.78, 5) is 35.7. The first-order valence-corrected chi connectivity index (χ1v) is 11.8. The highest BCUT2D eigenvalue weighted by atomic mass is 32.2. The highest BCUT2D eigenvalue weighted by Gasteiger charge is 2.34. The number of halogens is 1. The Morgan fingerprint density at radius 2 is 1.63 bits per heavy atom. The van der Waals surface area contributed by atoms with Crippen LogP contribution in [0.15, 0.2) is 53.4 Å². The number of likely N-dealkylation sites (tertiary alicyclic amines) is 1. The number of carbonyl (C=O) groups excluding carboxylic acids is 2. The van der Waals surface area contributed by atoms with Gasteiger partial charge in [-0.25, -0.2) is 4.39 Å². The summed E-state index contributed by atoms with van der Waals surface area (Å²) in [6.45, 7) is 7.43. The van der Waals surface area contributed by atoms with Crippen molar-refractivity contribution < 1.29 is 35.5 Å². The lowest BCUT2D eigenvalue weighted by atomic mass is 10.1. The van der Waals surface area contributed by atoms with Crippen molar-refractivity contribution in [2.75, 3.05) is 11.9 Å². The van der Waals surface area contributed by atoms with Gasteiger partial charge in [-0.1, -0.05) is 0 Å². The summed E-state index contributed by atoms with van der Waals surface area (Å²) in [7, 11) is 0. The fraction of sp³-hybridized carbons (Fsp3) is 0.375. The molecular weight excluding hydrogens is 477 g/mol. The third kappa shape index (κ3) is 11.7. The fourth-order valence-corrected chi connectivity index (χ4v) is 3.27. The summed E-state index contributed by atoms with van der Waals surface area (Å²) in [6.07, 6.45) is 1.22. The second-order valence-corrected chi connectivity index (χ2v) is 9.74. The summed E-state index contributed by atoms with van der Waals surface area (Å²) < 4.78 is 34.7. The van der Waals surface area contributed by atoms with E-state index >= 15 is 0 Å². The molecule has 35 heavy (non-hydrogen) atoms. The van der Waals surface area contributed by atoms with Crippen molar-refractivity contribution in [3.05, 3.63) is 59.9 Å². The summed E-state index contributed by atoms with van der Waals surface area (Å²) in [6, 6.07) is 10.3. The Morgan fingerprint density at radius 1 is 1.14 bits per heavy atom. The third-order valence-corrected chi connectivity index (χ3v) is 4.88. The number of anilines is 1. The van der Waals surface area contributed by atoms with Gasteiger partial charge in [0.05, 0.1) is 0 Å². The van der Waals surface area contributed by atoms with Gasteiger partial charge in [0, 0.05) is 38.0 Å². The van der Waals surface area contributed by atoms with Crippen LogP contribution in [0.1, 0.15) is 53.7 Å². The first-order valence-electron chi connectivity index (χ1n) is 10.7. The Balaban J connectivity index is 0. The predicted molar refractivity (Wildman–Crippen MR) is 134 cm³/mol. The molecule has 0 saturated carbocycles. The van der Waals surface area contributed by atoms with Crippen molar-refractivity contribution in [3.8, 4) is 0 Å². The van der Waals surface area contributed by atoms with Crippen LogP contribution in [0, 0.1) is 5.82 Å². The largest absolute Gasteiger partial charge is 0.768 e. The van der Waals surface area contributed by atoms with Crippen LogP contribution in [0.25, 0.3) is 0 Å². The SMILES string of the molecule is CC(=O)O.CC(C)(C)N.O=C(Nc1ccc(S(=O)[O-])cc1)[C@@H]1CCCN1C(=O)c1ccc(F)cc1.[HH].[HH]. The van der Waals surface area contributed by atoms with E-state index in [1.807, 2.05) is 20.8 Å². The molecule has 9 nitrogen and oxygen atoms in total. The quantitative estimate of drug-likeness (QED) is 0.529. The Hall–Kier alpha value is -3.15. The van der Waals surface area contributed by atoms with E-state index in [1.54, 1.807) is 0 Å². The van der Waals surface area contributed by atoms with Crippen molar-refractivity contribution in [1.82, 2.24) is 4.90 Å². The molecule has 2 aromatic rings. The van der Waals surface area contributed by atoms with E-state index in [0.29, 0.717) is 30.6 Å². The van der Waals surface area contributed by atoms with Crippen LogP contribution in [-0.4, -0.2) is 54.7 Å². The number of hydrogen-bond acceptors (Lipinski definition) is 6. The summed E-state index contributed by atoms with van der Waals surface area (Å²) >= 11 is -2.33. The number of nitrogens with zero attached hydrogens (tertiary/aromatic N) is 1. The molecule has 1 unspecified atom stereocenters. The molecule has 11 heteroatoms. The molecule has 0 aromatic heterocycles. The fourth-order valence-electron chi connectivity index (χ4n) is 2.92. The maximum absolute atomic E-state index is 13.0. The molecule has 1 aliphatic heterocycles. The first kappa shape index (κ1) is 29.9. The molecule has 1 heterocycles. The zero-order valence-electron chi connectivity index (χ0n) is 20.1. The maximum atomic E-state index is 13.0. The number of carboxylic acids is 1. The highest BCUT2D eigenvalue weighted by molar-refractivity contribution is 7.79. The molecular formula is C24H35FN3O6S-. The standard InChI is InChI=1S/C18H17FN2O4S.C4H11N.C2H4O2.2H2/c19-13-5-3-12(4-6-13)18(23)21-11-1-2-16(21)17(22)20-14-7-9-15(10-8-14)26(24)25;1-4(2,3)5;1-2(3)4;;/h3-10,16H,1-2,11H2,(H,20,22)(H,24,25);5H2,1-3H3;1H3,(H,3,4);2*1H/p-1/t16-;;;;/m0..../s1. The molecule has 0 radical (unpaired) electrons. The van der Waals surface area contributed by atoms with Crippen molar-refractivity contribution in [1.29, 1.82) is 0 Å². The summed E-state index contributed by atoms with van der Waals surface area (Å²) in [5.74, 6) is -1.92. The smallest absolute Gasteiger partial charge is 0.300 e. The van der Waals surface area contributed by atoms with Gasteiger partial charge in [0.25, 0.3) is 11.9 Å². The Labute approximate surface area is 209 Å². The van der Waals surface area contributed by atoms with Crippen LogP contribution in [0.2, 0.25) is 0 Å². The molecule has 2 aromatic carbocycles. The van der Waals surface area contributed by atoms with Gasteiger partial charge in [0.2, 0.25) is 5.91 Å². The molecule has 1 aliphatic rings. The van der Waals surface area contributed by atoms with E-state index in [2.05, 4.69) is 5.32 Å². The lowest BCUT2D eigenvalue weighted by Crippen LogP contribution is -2.43. The van der Waals surface area contributed by atoms with E-state index in [1.165, 1.54) is 53.4 Å². The number of rotatable bonds is 4. The Morgan fingerprint density at radius 3 is 2.09 bits per heavy atom. The van der Waals surface area contributed by atoms with Gasteiger partial charge in [-0.3, -0.25) is 18.6 Å². The second-order valence-electron chi connectivity index (χ2n) is 8.80. The zero-order chi connectivity index (χ0) is 26.8.